The number of carbonyl (C=O) groups excluding carboxylic acids is 2. The van der Waals surface area contributed by atoms with Crippen molar-refractivity contribution >= 4 is 27.3 Å². The van der Waals surface area contributed by atoms with Crippen molar-refractivity contribution in [2.24, 2.45) is 10.9 Å². The van der Waals surface area contributed by atoms with Gasteiger partial charge in [-0.3, -0.25) is 9.59 Å². The summed E-state index contributed by atoms with van der Waals surface area (Å²) >= 11 is 0. The van der Waals surface area contributed by atoms with E-state index in [0.29, 0.717) is 12.1 Å². The monoisotopic (exact) mass is 385 g/mol. The third-order valence-electron chi connectivity index (χ3n) is 4.17. The summed E-state index contributed by atoms with van der Waals surface area (Å²) in [5, 5.41) is 8.16. The number of nitrogens with one attached hydrogen (secondary N) is 1. The number of rotatable bonds is 5. The molecule has 0 aromatic heterocycles. The Hall–Kier alpha value is -2.81. The van der Waals surface area contributed by atoms with Crippen LogP contribution in [0.1, 0.15) is 33.2 Å². The minimum atomic E-state index is -4.13. The summed E-state index contributed by atoms with van der Waals surface area (Å²) in [5.41, 5.74) is 7.30. The molecule has 0 aliphatic heterocycles. The lowest BCUT2D eigenvalue weighted by Gasteiger charge is -2.20. The number of anilines is 1. The molecule has 3 rings (SSSR count). The maximum absolute atomic E-state index is 12.8. The van der Waals surface area contributed by atoms with Crippen molar-refractivity contribution in [3.63, 3.8) is 0 Å². The van der Waals surface area contributed by atoms with Gasteiger partial charge < -0.3 is 11.1 Å². The van der Waals surface area contributed by atoms with E-state index in [0.717, 1.165) is 11.6 Å². The summed E-state index contributed by atoms with van der Waals surface area (Å²) in [5.74, 6) is -1.08. The van der Waals surface area contributed by atoms with E-state index in [4.69, 9.17) is 10.9 Å². The highest BCUT2D eigenvalue weighted by Gasteiger charge is 2.31. The number of ketones is 2. The molecule has 1 aliphatic rings. The smallest absolute Gasteiger partial charge is 0.238 e. The Morgan fingerprint density at radius 2 is 1.78 bits per heavy atom. The second-order valence-electron chi connectivity index (χ2n) is 6.44. The molecule has 0 saturated carbocycles. The van der Waals surface area contributed by atoms with Crippen LogP contribution >= 0.6 is 0 Å². The molecule has 1 atom stereocenters. The molecule has 0 radical (unpaired) electrons. The SMILES string of the molecule is C[C@@H](N)Cc1ccccc1NC1=CC(=O)c2c(cccc2S(N)(=O)=O)C1=O. The lowest BCUT2D eigenvalue weighted by Crippen LogP contribution is -2.26. The predicted octanol–water partition coefficient (Wildman–Crippen LogP) is 1.60. The minimum absolute atomic E-state index is 0.00111. The van der Waals surface area contributed by atoms with E-state index >= 15 is 0 Å². The van der Waals surface area contributed by atoms with Crippen molar-refractivity contribution < 1.29 is 18.0 Å². The average molecular weight is 385 g/mol. The largest absolute Gasteiger partial charge is 0.352 e. The van der Waals surface area contributed by atoms with Crippen LogP contribution in [0.5, 0.6) is 0 Å². The predicted molar refractivity (Wildman–Crippen MR) is 102 cm³/mol. The van der Waals surface area contributed by atoms with E-state index in [1.54, 1.807) is 12.1 Å². The first-order valence-electron chi connectivity index (χ1n) is 8.25. The fourth-order valence-corrected chi connectivity index (χ4v) is 3.79. The van der Waals surface area contributed by atoms with Crippen LogP contribution in [0.3, 0.4) is 0 Å². The number of hydrogen-bond acceptors (Lipinski definition) is 6. The number of hydrogen-bond donors (Lipinski definition) is 3. The molecule has 7 nitrogen and oxygen atoms in total. The van der Waals surface area contributed by atoms with Crippen molar-refractivity contribution in [1.29, 1.82) is 0 Å². The standard InChI is InChI=1S/C19H19N3O4S/c1-11(20)9-12-5-2-3-7-14(12)22-15-10-16(23)18-13(19(15)24)6-4-8-17(18)27(21,25)26/h2-8,10-11,22H,9,20H2,1H3,(H2,21,25,26)/t11-/m1/s1. The third-order valence-corrected chi connectivity index (χ3v) is 5.13. The Morgan fingerprint density at radius 3 is 2.44 bits per heavy atom. The highest BCUT2D eigenvalue weighted by atomic mass is 32.2. The number of carbonyl (C=O) groups is 2. The van der Waals surface area contributed by atoms with Gasteiger partial charge in [-0.2, -0.15) is 0 Å². The Bertz CT molecular complexity index is 1070. The van der Waals surface area contributed by atoms with Gasteiger partial charge in [-0.25, -0.2) is 13.6 Å². The van der Waals surface area contributed by atoms with Crippen LogP contribution in [0.4, 0.5) is 5.69 Å². The van der Waals surface area contributed by atoms with Crippen molar-refractivity contribution in [3.8, 4) is 0 Å². The van der Waals surface area contributed by atoms with E-state index in [1.165, 1.54) is 18.2 Å². The summed E-state index contributed by atoms with van der Waals surface area (Å²) in [6.45, 7) is 1.87. The molecule has 2 aromatic rings. The molecule has 8 heteroatoms. The zero-order valence-corrected chi connectivity index (χ0v) is 15.4. The van der Waals surface area contributed by atoms with Crippen LogP contribution in [-0.2, 0) is 16.4 Å². The fourth-order valence-electron chi connectivity index (χ4n) is 3.03. The topological polar surface area (TPSA) is 132 Å². The van der Waals surface area contributed by atoms with E-state index in [1.807, 2.05) is 19.1 Å². The summed E-state index contributed by atoms with van der Waals surface area (Å²) in [7, 11) is -4.13. The summed E-state index contributed by atoms with van der Waals surface area (Å²) in [4.78, 5) is 25.0. The summed E-state index contributed by atoms with van der Waals surface area (Å²) < 4.78 is 23.5. The molecular formula is C19H19N3O4S. The summed E-state index contributed by atoms with van der Waals surface area (Å²) in [6.07, 6.45) is 1.69. The van der Waals surface area contributed by atoms with Gasteiger partial charge in [-0.1, -0.05) is 30.3 Å². The number of para-hydroxylation sites is 1. The summed E-state index contributed by atoms with van der Waals surface area (Å²) in [6, 6.07) is 11.3. The first-order valence-corrected chi connectivity index (χ1v) is 9.80. The number of fused-ring (bicyclic) bond motifs is 1. The number of primary sulfonamides is 1. The highest BCUT2D eigenvalue weighted by Crippen LogP contribution is 2.28. The molecule has 0 fully saturated rings. The molecule has 27 heavy (non-hydrogen) atoms. The molecule has 0 unspecified atom stereocenters. The van der Waals surface area contributed by atoms with Crippen molar-refractivity contribution in [2.45, 2.75) is 24.3 Å². The van der Waals surface area contributed by atoms with Crippen LogP contribution in [-0.4, -0.2) is 26.0 Å². The Kier molecular flexibility index (Phi) is 4.97. The lowest BCUT2D eigenvalue weighted by molar-refractivity contribution is 0.0983. The van der Waals surface area contributed by atoms with E-state index in [9.17, 15) is 18.0 Å². The molecular weight excluding hydrogens is 366 g/mol. The lowest BCUT2D eigenvalue weighted by atomic mass is 9.92. The molecule has 5 N–H and O–H groups in total. The van der Waals surface area contributed by atoms with Gasteiger partial charge in [0.1, 0.15) is 0 Å². The zero-order chi connectivity index (χ0) is 19.8. The van der Waals surface area contributed by atoms with Crippen molar-refractivity contribution in [1.82, 2.24) is 0 Å². The zero-order valence-electron chi connectivity index (χ0n) is 14.6. The van der Waals surface area contributed by atoms with Gasteiger partial charge in [0.05, 0.1) is 16.2 Å². The molecule has 2 aromatic carbocycles. The Balaban J connectivity index is 2.02. The van der Waals surface area contributed by atoms with E-state index < -0.39 is 21.6 Å². The maximum atomic E-state index is 12.8. The van der Waals surface area contributed by atoms with Crippen molar-refractivity contribution in [2.75, 3.05) is 5.32 Å². The molecule has 0 amide bonds. The first-order chi connectivity index (χ1) is 12.7. The van der Waals surface area contributed by atoms with Crippen LogP contribution < -0.4 is 16.2 Å². The molecule has 0 bridgehead atoms. The molecule has 0 saturated heterocycles. The number of nitrogens with two attached hydrogens (primary N) is 2. The van der Waals surface area contributed by atoms with E-state index in [2.05, 4.69) is 5.32 Å². The van der Waals surface area contributed by atoms with Crippen LogP contribution in [0.25, 0.3) is 0 Å². The molecule has 140 valence electrons. The number of Topliss-reactive ketones (excluding diaryl/α,β-unsaturated/α-hetero) is 1. The van der Waals surface area contributed by atoms with Gasteiger partial charge in [0, 0.05) is 23.4 Å². The normalized spacial score (nSPS) is 15.1. The second-order valence-corrected chi connectivity index (χ2v) is 7.97. The van der Waals surface area contributed by atoms with Crippen LogP contribution in [0.2, 0.25) is 0 Å². The van der Waals surface area contributed by atoms with E-state index in [-0.39, 0.29) is 27.8 Å². The molecule has 0 spiro atoms. The minimum Gasteiger partial charge on any atom is -0.352 e. The third kappa shape index (κ3) is 3.82. The van der Waals surface area contributed by atoms with Crippen LogP contribution in [0, 0.1) is 0 Å². The Labute approximate surface area is 157 Å². The highest BCUT2D eigenvalue weighted by molar-refractivity contribution is 7.89. The number of sulfonamides is 1. The van der Waals surface area contributed by atoms with Gasteiger partial charge in [-0.15, -0.1) is 0 Å². The van der Waals surface area contributed by atoms with Gasteiger partial charge >= 0.3 is 0 Å². The molecule has 1 aliphatic carbocycles. The van der Waals surface area contributed by atoms with Crippen molar-refractivity contribution in [3.05, 3.63) is 70.9 Å². The van der Waals surface area contributed by atoms with Gasteiger partial charge in [0.15, 0.2) is 5.78 Å². The van der Waals surface area contributed by atoms with Crippen LogP contribution in [0.15, 0.2) is 59.1 Å². The number of allylic oxidation sites excluding steroid dienone is 2. The van der Waals surface area contributed by atoms with Gasteiger partial charge in [0.2, 0.25) is 15.8 Å². The maximum Gasteiger partial charge on any atom is 0.238 e. The number of benzene rings is 2. The fraction of sp³-hybridized carbons (Fsp3) is 0.158. The Morgan fingerprint density at radius 1 is 1.07 bits per heavy atom. The first kappa shape index (κ1) is 19.0. The second kappa shape index (κ2) is 7.07. The quantitative estimate of drug-likeness (QED) is 0.716. The van der Waals surface area contributed by atoms with Gasteiger partial charge in [-0.05, 0) is 31.0 Å². The average Bonchev–Trinajstić information content (AvgIpc) is 2.59. The molecule has 0 heterocycles. The van der Waals surface area contributed by atoms with Gasteiger partial charge in [0.25, 0.3) is 0 Å².